The summed E-state index contributed by atoms with van der Waals surface area (Å²) in [5.74, 6) is -1.33. The number of ether oxygens (including phenoxy) is 1. The number of nitrogens with one attached hydrogen (secondary N) is 1. The van der Waals surface area contributed by atoms with Crippen molar-refractivity contribution in [2.45, 2.75) is 19.8 Å². The van der Waals surface area contributed by atoms with Crippen LogP contribution in [0.2, 0.25) is 0 Å². The Labute approximate surface area is 122 Å². The number of rotatable bonds is 7. The van der Waals surface area contributed by atoms with Gasteiger partial charge in [-0.15, -0.1) is 0 Å². The van der Waals surface area contributed by atoms with Gasteiger partial charge in [0.15, 0.2) is 11.6 Å². The molecule has 0 saturated heterocycles. The molecule has 0 aliphatic carbocycles. The molecule has 6 nitrogen and oxygen atoms in total. The van der Waals surface area contributed by atoms with Crippen LogP contribution in [0.15, 0.2) is 18.2 Å². The van der Waals surface area contributed by atoms with Gasteiger partial charge < -0.3 is 20.1 Å². The van der Waals surface area contributed by atoms with E-state index in [1.54, 1.807) is 14.0 Å². The van der Waals surface area contributed by atoms with Crippen LogP contribution in [0.5, 0.6) is 5.75 Å². The maximum atomic E-state index is 13.6. The number of nitrogens with zero attached hydrogens (tertiary/aromatic N) is 1. The summed E-state index contributed by atoms with van der Waals surface area (Å²) < 4.78 is 18.7. The van der Waals surface area contributed by atoms with Crippen molar-refractivity contribution in [3.05, 3.63) is 24.0 Å². The van der Waals surface area contributed by atoms with Gasteiger partial charge in [0.25, 0.3) is 0 Å². The summed E-state index contributed by atoms with van der Waals surface area (Å²) in [5.41, 5.74) is 0.311. The summed E-state index contributed by atoms with van der Waals surface area (Å²) in [5, 5.41) is 11.1. The summed E-state index contributed by atoms with van der Waals surface area (Å²) in [6.45, 7) is 2.41. The molecule has 21 heavy (non-hydrogen) atoms. The van der Waals surface area contributed by atoms with Crippen LogP contribution in [0.25, 0.3) is 0 Å². The highest BCUT2D eigenvalue weighted by Gasteiger charge is 2.11. The molecule has 0 atom stereocenters. The Hall–Kier alpha value is -2.31. The molecule has 0 spiro atoms. The highest BCUT2D eigenvalue weighted by atomic mass is 19.1. The fraction of sp³-hybridized carbons (Fsp3) is 0.429. The van der Waals surface area contributed by atoms with Crippen LogP contribution in [-0.2, 0) is 4.79 Å². The first kappa shape index (κ1) is 16.7. The lowest BCUT2D eigenvalue weighted by Gasteiger charge is -2.17. The van der Waals surface area contributed by atoms with Gasteiger partial charge in [0.1, 0.15) is 0 Å². The molecule has 0 unspecified atom stereocenters. The van der Waals surface area contributed by atoms with E-state index < -0.39 is 17.8 Å². The summed E-state index contributed by atoms with van der Waals surface area (Å²) >= 11 is 0. The van der Waals surface area contributed by atoms with E-state index >= 15 is 0 Å². The molecule has 0 aromatic heterocycles. The number of aliphatic carboxylic acids is 1. The number of hydrogen-bond donors (Lipinski definition) is 2. The minimum Gasteiger partial charge on any atom is -0.491 e. The van der Waals surface area contributed by atoms with Crippen LogP contribution < -0.4 is 10.1 Å². The first-order valence-corrected chi connectivity index (χ1v) is 6.60. The number of carbonyl (C=O) groups excluding carboxylic acids is 1. The van der Waals surface area contributed by atoms with Crippen LogP contribution in [0.1, 0.15) is 19.8 Å². The van der Waals surface area contributed by atoms with E-state index in [1.807, 2.05) is 0 Å². The average molecular weight is 298 g/mol. The maximum absolute atomic E-state index is 13.6. The largest absolute Gasteiger partial charge is 0.491 e. The molecule has 116 valence electrons. The van der Waals surface area contributed by atoms with E-state index in [9.17, 15) is 14.0 Å². The van der Waals surface area contributed by atoms with Gasteiger partial charge in [0, 0.05) is 31.8 Å². The molecule has 0 saturated carbocycles. The number of benzene rings is 1. The van der Waals surface area contributed by atoms with Crippen molar-refractivity contribution >= 4 is 17.7 Å². The topological polar surface area (TPSA) is 78.9 Å². The summed E-state index contributed by atoms with van der Waals surface area (Å²) in [6, 6.07) is 3.73. The van der Waals surface area contributed by atoms with Gasteiger partial charge in [0.2, 0.25) is 0 Å². The number of carbonyl (C=O) groups is 2. The fourth-order valence-corrected chi connectivity index (χ4v) is 1.64. The van der Waals surface area contributed by atoms with Crippen LogP contribution in [0.4, 0.5) is 14.9 Å². The SMILES string of the molecule is CCOc1ccc(NC(=O)N(C)CCCC(=O)O)cc1F. The number of carboxylic acid groups (broad SMARTS) is 1. The van der Waals surface area contributed by atoms with Gasteiger partial charge in [-0.1, -0.05) is 0 Å². The second kappa shape index (κ2) is 8.08. The summed E-state index contributed by atoms with van der Waals surface area (Å²) in [7, 11) is 1.54. The van der Waals surface area contributed by atoms with Gasteiger partial charge in [-0.05, 0) is 25.5 Å². The van der Waals surface area contributed by atoms with Crippen LogP contribution in [0, 0.1) is 5.82 Å². The first-order valence-electron chi connectivity index (χ1n) is 6.60. The average Bonchev–Trinajstić information content (AvgIpc) is 2.41. The molecule has 0 radical (unpaired) electrons. The Kier molecular flexibility index (Phi) is 6.45. The van der Waals surface area contributed by atoms with Gasteiger partial charge in [-0.3, -0.25) is 4.79 Å². The van der Waals surface area contributed by atoms with Crippen molar-refractivity contribution in [1.82, 2.24) is 4.90 Å². The maximum Gasteiger partial charge on any atom is 0.321 e. The molecular formula is C14H19FN2O4. The molecule has 2 amide bonds. The Bertz CT molecular complexity index is 508. The molecule has 1 aromatic rings. The standard InChI is InChI=1S/C14H19FN2O4/c1-3-21-12-7-6-10(9-11(12)15)16-14(20)17(2)8-4-5-13(18)19/h6-7,9H,3-5,8H2,1-2H3,(H,16,20)(H,18,19). The smallest absolute Gasteiger partial charge is 0.321 e. The molecule has 1 rings (SSSR count). The predicted octanol–water partition coefficient (Wildman–Crippen LogP) is 2.55. The highest BCUT2D eigenvalue weighted by Crippen LogP contribution is 2.21. The van der Waals surface area contributed by atoms with E-state index in [-0.39, 0.29) is 12.2 Å². The van der Waals surface area contributed by atoms with Gasteiger partial charge in [0.05, 0.1) is 6.61 Å². The molecular weight excluding hydrogens is 279 g/mol. The number of urea groups is 1. The van der Waals surface area contributed by atoms with Gasteiger partial charge >= 0.3 is 12.0 Å². The molecule has 0 heterocycles. The number of amides is 2. The molecule has 0 bridgehead atoms. The van der Waals surface area contributed by atoms with Crippen LogP contribution >= 0.6 is 0 Å². The molecule has 1 aromatic carbocycles. The Morgan fingerprint density at radius 1 is 1.43 bits per heavy atom. The highest BCUT2D eigenvalue weighted by molar-refractivity contribution is 5.89. The van der Waals surface area contributed by atoms with E-state index in [0.29, 0.717) is 25.3 Å². The number of carboxylic acids is 1. The Balaban J connectivity index is 2.54. The van der Waals surface area contributed by atoms with E-state index in [2.05, 4.69) is 5.32 Å². The lowest BCUT2D eigenvalue weighted by Crippen LogP contribution is -2.32. The van der Waals surface area contributed by atoms with Crippen molar-refractivity contribution in [2.75, 3.05) is 25.5 Å². The lowest BCUT2D eigenvalue weighted by molar-refractivity contribution is -0.137. The third-order valence-electron chi connectivity index (χ3n) is 2.71. The van der Waals surface area contributed by atoms with Gasteiger partial charge in [-0.25, -0.2) is 9.18 Å². The number of halogens is 1. The Morgan fingerprint density at radius 3 is 2.71 bits per heavy atom. The second-order valence-electron chi connectivity index (χ2n) is 4.43. The normalized spacial score (nSPS) is 10.0. The van der Waals surface area contributed by atoms with Crippen LogP contribution in [-0.4, -0.2) is 42.2 Å². The summed E-state index contributed by atoms with van der Waals surface area (Å²) in [4.78, 5) is 23.6. The van der Waals surface area contributed by atoms with Crippen molar-refractivity contribution in [3.8, 4) is 5.75 Å². The minimum atomic E-state index is -0.905. The quantitative estimate of drug-likeness (QED) is 0.811. The third-order valence-corrected chi connectivity index (χ3v) is 2.71. The third kappa shape index (κ3) is 5.68. The first-order chi connectivity index (χ1) is 9.93. The monoisotopic (exact) mass is 298 g/mol. The van der Waals surface area contributed by atoms with Gasteiger partial charge in [-0.2, -0.15) is 0 Å². The zero-order chi connectivity index (χ0) is 15.8. The Morgan fingerprint density at radius 2 is 2.14 bits per heavy atom. The minimum absolute atomic E-state index is 0.00466. The molecule has 7 heteroatoms. The predicted molar refractivity (Wildman–Crippen MR) is 76.1 cm³/mol. The zero-order valence-corrected chi connectivity index (χ0v) is 12.1. The molecule has 2 N–H and O–H groups in total. The summed E-state index contributed by atoms with van der Waals surface area (Å²) in [6.07, 6.45) is 0.353. The fourth-order valence-electron chi connectivity index (χ4n) is 1.64. The second-order valence-corrected chi connectivity index (χ2v) is 4.43. The van der Waals surface area contributed by atoms with E-state index in [1.165, 1.54) is 23.1 Å². The molecule has 0 aliphatic heterocycles. The number of hydrogen-bond acceptors (Lipinski definition) is 3. The molecule has 0 aliphatic rings. The van der Waals surface area contributed by atoms with Crippen molar-refractivity contribution in [2.24, 2.45) is 0 Å². The van der Waals surface area contributed by atoms with E-state index in [4.69, 9.17) is 9.84 Å². The lowest BCUT2D eigenvalue weighted by atomic mass is 10.3. The molecule has 0 fully saturated rings. The van der Waals surface area contributed by atoms with Crippen molar-refractivity contribution < 1.29 is 23.8 Å². The van der Waals surface area contributed by atoms with Crippen molar-refractivity contribution in [1.29, 1.82) is 0 Å². The van der Waals surface area contributed by atoms with Crippen LogP contribution in [0.3, 0.4) is 0 Å². The number of anilines is 1. The van der Waals surface area contributed by atoms with Crippen molar-refractivity contribution in [3.63, 3.8) is 0 Å². The van der Waals surface area contributed by atoms with E-state index in [0.717, 1.165) is 0 Å². The zero-order valence-electron chi connectivity index (χ0n) is 12.1.